The van der Waals surface area contributed by atoms with Crippen molar-refractivity contribution in [2.45, 2.75) is 27.2 Å². The van der Waals surface area contributed by atoms with Crippen molar-refractivity contribution in [1.82, 2.24) is 15.3 Å². The minimum atomic E-state index is -0.174. The predicted molar refractivity (Wildman–Crippen MR) is 97.6 cm³/mol. The molecule has 1 aromatic heterocycles. The quantitative estimate of drug-likeness (QED) is 0.805. The number of anilines is 1. The van der Waals surface area contributed by atoms with Gasteiger partial charge in [0.2, 0.25) is 0 Å². The van der Waals surface area contributed by atoms with Gasteiger partial charge in [-0.1, -0.05) is 37.6 Å². The number of carbonyl (C=O) groups excluding carboxylic acids is 1. The van der Waals surface area contributed by atoms with Crippen LogP contribution in [-0.4, -0.2) is 29.0 Å². The Balaban J connectivity index is 1.96. The maximum Gasteiger partial charge on any atom is 0.270 e. The van der Waals surface area contributed by atoms with Crippen molar-refractivity contribution in [3.05, 3.63) is 52.4 Å². The van der Waals surface area contributed by atoms with Crippen molar-refractivity contribution < 1.29 is 4.79 Å². The first-order valence-electron chi connectivity index (χ1n) is 8.06. The summed E-state index contributed by atoms with van der Waals surface area (Å²) in [5.74, 6) is 1.44. The second kappa shape index (κ2) is 8.64. The third-order valence-electron chi connectivity index (χ3n) is 3.35. The molecule has 0 spiro atoms. The molecule has 24 heavy (non-hydrogen) atoms. The molecule has 0 atom stereocenters. The molecule has 0 bridgehead atoms. The Labute approximate surface area is 147 Å². The largest absolute Gasteiger partial charge is 0.370 e. The number of amides is 1. The van der Waals surface area contributed by atoms with Crippen LogP contribution in [0.4, 0.5) is 5.82 Å². The summed E-state index contributed by atoms with van der Waals surface area (Å²) < 4.78 is 0. The van der Waals surface area contributed by atoms with Crippen molar-refractivity contribution >= 4 is 23.3 Å². The molecule has 0 aliphatic heterocycles. The molecule has 0 unspecified atom stereocenters. The fraction of sp³-hybridized carbons (Fsp3) is 0.389. The molecule has 6 heteroatoms. The fourth-order valence-corrected chi connectivity index (χ4v) is 2.40. The van der Waals surface area contributed by atoms with Gasteiger partial charge < -0.3 is 10.6 Å². The Hall–Kier alpha value is -2.14. The monoisotopic (exact) mass is 346 g/mol. The van der Waals surface area contributed by atoms with E-state index in [0.29, 0.717) is 36.3 Å². The lowest BCUT2D eigenvalue weighted by molar-refractivity contribution is 0.0943. The lowest BCUT2D eigenvalue weighted by atomic mass is 10.1. The molecular formula is C18H23ClN4O. The fourth-order valence-electron chi connectivity index (χ4n) is 2.19. The second-order valence-corrected chi connectivity index (χ2v) is 6.53. The Bertz CT molecular complexity index is 703. The first-order chi connectivity index (χ1) is 11.4. The normalized spacial score (nSPS) is 10.7. The van der Waals surface area contributed by atoms with Crippen LogP contribution < -0.4 is 10.6 Å². The number of hydrogen-bond donors (Lipinski definition) is 2. The van der Waals surface area contributed by atoms with E-state index in [0.717, 1.165) is 17.0 Å². The zero-order valence-electron chi connectivity index (χ0n) is 14.3. The Morgan fingerprint density at radius 1 is 1.25 bits per heavy atom. The predicted octanol–water partition coefficient (Wildman–Crippen LogP) is 3.48. The molecule has 2 N–H and O–H groups in total. The van der Waals surface area contributed by atoms with Gasteiger partial charge in [0.15, 0.2) is 0 Å². The Kier molecular flexibility index (Phi) is 6.55. The summed E-state index contributed by atoms with van der Waals surface area (Å²) in [4.78, 5) is 20.7. The maximum atomic E-state index is 12.1. The van der Waals surface area contributed by atoms with E-state index in [1.807, 2.05) is 38.1 Å². The summed E-state index contributed by atoms with van der Waals surface area (Å²) in [6.07, 6.45) is 0.818. The zero-order valence-corrected chi connectivity index (χ0v) is 15.0. The van der Waals surface area contributed by atoms with Crippen LogP contribution in [0.15, 0.2) is 30.3 Å². The van der Waals surface area contributed by atoms with Crippen LogP contribution in [-0.2, 0) is 6.42 Å². The van der Waals surface area contributed by atoms with E-state index in [1.54, 1.807) is 13.0 Å². The number of halogens is 1. The number of aromatic nitrogens is 2. The molecule has 5 nitrogen and oxygen atoms in total. The van der Waals surface area contributed by atoms with Gasteiger partial charge in [0.1, 0.15) is 17.3 Å². The van der Waals surface area contributed by atoms with E-state index in [9.17, 15) is 4.79 Å². The van der Waals surface area contributed by atoms with Gasteiger partial charge in [0.05, 0.1) is 0 Å². The molecule has 1 amide bonds. The van der Waals surface area contributed by atoms with E-state index in [-0.39, 0.29) is 5.91 Å². The van der Waals surface area contributed by atoms with Crippen LogP contribution in [0.1, 0.15) is 35.7 Å². The highest BCUT2D eigenvalue weighted by atomic mass is 35.5. The molecule has 0 saturated heterocycles. The van der Waals surface area contributed by atoms with Crippen LogP contribution in [0, 0.1) is 12.8 Å². The van der Waals surface area contributed by atoms with E-state index >= 15 is 0 Å². The topological polar surface area (TPSA) is 66.9 Å². The molecule has 128 valence electrons. The van der Waals surface area contributed by atoms with Crippen LogP contribution in [0.5, 0.6) is 0 Å². The third kappa shape index (κ3) is 5.81. The highest BCUT2D eigenvalue weighted by Gasteiger charge is 2.10. The van der Waals surface area contributed by atoms with Crippen molar-refractivity contribution in [3.63, 3.8) is 0 Å². The highest BCUT2D eigenvalue weighted by Crippen LogP contribution is 2.12. The van der Waals surface area contributed by atoms with Crippen LogP contribution in [0.3, 0.4) is 0 Å². The summed E-state index contributed by atoms with van der Waals surface area (Å²) in [5.41, 5.74) is 1.53. The van der Waals surface area contributed by atoms with Gasteiger partial charge in [-0.25, -0.2) is 9.97 Å². The van der Waals surface area contributed by atoms with Crippen LogP contribution >= 0.6 is 11.6 Å². The van der Waals surface area contributed by atoms with Gasteiger partial charge >= 0.3 is 0 Å². The minimum Gasteiger partial charge on any atom is -0.370 e. The standard InChI is InChI=1S/C18H23ClN4O/c1-12(2)11-21-18(24)16-10-17(23-13(3)22-16)20-8-7-14-5-4-6-15(19)9-14/h4-6,9-10,12H,7-8,11H2,1-3H3,(H,21,24)(H,20,22,23). The lowest BCUT2D eigenvalue weighted by Crippen LogP contribution is -2.28. The van der Waals surface area contributed by atoms with Crippen LogP contribution in [0.2, 0.25) is 5.02 Å². The zero-order chi connectivity index (χ0) is 17.5. The van der Waals surface area contributed by atoms with E-state index in [1.165, 1.54) is 0 Å². The number of nitrogens with one attached hydrogen (secondary N) is 2. The average molecular weight is 347 g/mol. The van der Waals surface area contributed by atoms with Gasteiger partial charge in [-0.2, -0.15) is 0 Å². The van der Waals surface area contributed by atoms with Crippen molar-refractivity contribution in [1.29, 1.82) is 0 Å². The summed E-state index contributed by atoms with van der Waals surface area (Å²) in [6.45, 7) is 7.20. The molecule has 2 aromatic rings. The molecule has 0 saturated carbocycles. The third-order valence-corrected chi connectivity index (χ3v) is 3.59. The van der Waals surface area contributed by atoms with E-state index in [2.05, 4.69) is 20.6 Å². The molecule has 0 aliphatic carbocycles. The molecule has 0 radical (unpaired) electrons. The number of nitrogens with zero attached hydrogens (tertiary/aromatic N) is 2. The minimum absolute atomic E-state index is 0.174. The lowest BCUT2D eigenvalue weighted by Gasteiger charge is -2.10. The number of rotatable bonds is 7. The molecule has 2 rings (SSSR count). The highest BCUT2D eigenvalue weighted by molar-refractivity contribution is 6.30. The van der Waals surface area contributed by atoms with E-state index < -0.39 is 0 Å². The van der Waals surface area contributed by atoms with Gasteiger partial charge in [-0.05, 0) is 37.0 Å². The molecule has 0 fully saturated rings. The first-order valence-corrected chi connectivity index (χ1v) is 8.44. The SMILES string of the molecule is Cc1nc(NCCc2cccc(Cl)c2)cc(C(=O)NCC(C)C)n1. The summed E-state index contributed by atoms with van der Waals surface area (Å²) in [7, 11) is 0. The van der Waals surface area contributed by atoms with Crippen molar-refractivity contribution in [2.75, 3.05) is 18.4 Å². The van der Waals surface area contributed by atoms with Gasteiger partial charge in [0, 0.05) is 24.2 Å². The summed E-state index contributed by atoms with van der Waals surface area (Å²) in [5, 5.41) is 6.84. The number of benzene rings is 1. The molecule has 1 heterocycles. The average Bonchev–Trinajstić information content (AvgIpc) is 2.52. The molecule has 0 aliphatic rings. The number of hydrogen-bond acceptors (Lipinski definition) is 4. The number of aryl methyl sites for hydroxylation is 1. The van der Waals surface area contributed by atoms with E-state index in [4.69, 9.17) is 11.6 Å². The smallest absolute Gasteiger partial charge is 0.270 e. The first kappa shape index (κ1) is 18.2. The summed E-state index contributed by atoms with van der Waals surface area (Å²) >= 11 is 5.98. The Morgan fingerprint density at radius 3 is 2.75 bits per heavy atom. The second-order valence-electron chi connectivity index (χ2n) is 6.10. The van der Waals surface area contributed by atoms with Gasteiger partial charge in [-0.15, -0.1) is 0 Å². The molecular weight excluding hydrogens is 324 g/mol. The number of carbonyl (C=O) groups is 1. The molecule has 1 aromatic carbocycles. The summed E-state index contributed by atoms with van der Waals surface area (Å²) in [6, 6.07) is 9.45. The van der Waals surface area contributed by atoms with Crippen molar-refractivity contribution in [3.8, 4) is 0 Å². The van der Waals surface area contributed by atoms with Gasteiger partial charge in [-0.3, -0.25) is 4.79 Å². The maximum absolute atomic E-state index is 12.1. The van der Waals surface area contributed by atoms with Crippen molar-refractivity contribution in [2.24, 2.45) is 5.92 Å². The van der Waals surface area contributed by atoms with Crippen LogP contribution in [0.25, 0.3) is 0 Å². The van der Waals surface area contributed by atoms with Gasteiger partial charge in [0.25, 0.3) is 5.91 Å². The Morgan fingerprint density at radius 2 is 2.04 bits per heavy atom.